The van der Waals surface area contributed by atoms with Crippen LogP contribution in [0.5, 0.6) is 0 Å². The van der Waals surface area contributed by atoms with E-state index in [1.807, 2.05) is 6.20 Å². The molecule has 3 heteroatoms. The van der Waals surface area contributed by atoms with Gasteiger partial charge in [-0.1, -0.05) is 19.8 Å². The average molecular weight is 280 g/mol. The Morgan fingerprint density at radius 2 is 2.17 bits per heavy atom. The van der Waals surface area contributed by atoms with Crippen LogP contribution in [0.15, 0.2) is 12.4 Å². The summed E-state index contributed by atoms with van der Waals surface area (Å²) in [6.45, 7) is 2.23. The summed E-state index contributed by atoms with van der Waals surface area (Å²) in [4.78, 5) is 3.23. The van der Waals surface area contributed by atoms with Gasteiger partial charge in [0.2, 0.25) is 0 Å². The number of halogens is 1. The van der Waals surface area contributed by atoms with Crippen LogP contribution in [0.3, 0.4) is 0 Å². The van der Waals surface area contributed by atoms with Crippen molar-refractivity contribution in [2.75, 3.05) is 0 Å². The Bertz CT molecular complexity index is 208. The lowest BCUT2D eigenvalue weighted by atomic mass is 10.2. The van der Waals surface area contributed by atoms with Gasteiger partial charge in [0.05, 0.1) is 7.05 Å². The second-order valence-corrected chi connectivity index (χ2v) is 2.97. The normalized spacial score (nSPS) is 9.50. The van der Waals surface area contributed by atoms with Crippen LogP contribution in [0.1, 0.15) is 32.0 Å². The van der Waals surface area contributed by atoms with Crippen molar-refractivity contribution in [3.05, 3.63) is 18.2 Å². The lowest BCUT2D eigenvalue weighted by Gasteiger charge is -1.93. The van der Waals surface area contributed by atoms with Gasteiger partial charge in [-0.3, -0.25) is 0 Å². The Labute approximate surface area is 91.4 Å². The molecule has 1 aromatic heterocycles. The van der Waals surface area contributed by atoms with E-state index in [9.17, 15) is 0 Å². The van der Waals surface area contributed by atoms with Gasteiger partial charge in [0.15, 0.2) is 0 Å². The number of rotatable bonds is 4. The van der Waals surface area contributed by atoms with Gasteiger partial charge in [0.1, 0.15) is 12.4 Å². The van der Waals surface area contributed by atoms with E-state index in [4.69, 9.17) is 0 Å². The number of aromatic nitrogens is 2. The van der Waals surface area contributed by atoms with Crippen LogP contribution >= 0.6 is 0 Å². The Balaban J connectivity index is 0.00000121. The number of nitrogens with one attached hydrogen (secondary N) is 1. The number of imidazole rings is 1. The monoisotopic (exact) mass is 280 g/mol. The molecule has 2 nitrogen and oxygen atoms in total. The summed E-state index contributed by atoms with van der Waals surface area (Å²) in [5.41, 5.74) is 0. The molecule has 0 unspecified atom stereocenters. The van der Waals surface area contributed by atoms with E-state index in [1.165, 1.54) is 31.5 Å². The molecular weight excluding hydrogens is 263 g/mol. The summed E-state index contributed by atoms with van der Waals surface area (Å²) < 4.78 is 2.15. The first-order chi connectivity index (χ1) is 5.34. The van der Waals surface area contributed by atoms with Gasteiger partial charge in [0, 0.05) is 6.42 Å². The topological polar surface area (TPSA) is 19.7 Å². The maximum Gasteiger partial charge on any atom is 0.253 e. The molecule has 0 fully saturated rings. The van der Waals surface area contributed by atoms with Gasteiger partial charge < -0.3 is 24.0 Å². The zero-order valence-corrected chi connectivity index (χ0v) is 9.97. The number of aryl methyl sites for hydroxylation is 2. The van der Waals surface area contributed by atoms with E-state index >= 15 is 0 Å². The zero-order valence-electron chi connectivity index (χ0n) is 7.81. The van der Waals surface area contributed by atoms with Crippen LogP contribution < -0.4 is 28.5 Å². The molecule has 0 aliphatic carbocycles. The molecule has 0 amide bonds. The van der Waals surface area contributed by atoms with E-state index in [0.29, 0.717) is 0 Å². The van der Waals surface area contributed by atoms with Crippen molar-refractivity contribution in [1.82, 2.24) is 4.98 Å². The fourth-order valence-electron chi connectivity index (χ4n) is 1.23. The average Bonchev–Trinajstić information content (AvgIpc) is 2.37. The largest absolute Gasteiger partial charge is 1.00 e. The molecular formula is C9H17IN2. The summed E-state index contributed by atoms with van der Waals surface area (Å²) in [5, 5.41) is 0. The molecule has 12 heavy (non-hydrogen) atoms. The molecule has 1 N–H and O–H groups in total. The minimum Gasteiger partial charge on any atom is -1.00 e. The molecule has 0 saturated carbocycles. The summed E-state index contributed by atoms with van der Waals surface area (Å²) in [5.74, 6) is 1.33. The van der Waals surface area contributed by atoms with Crippen molar-refractivity contribution in [3.8, 4) is 0 Å². The first-order valence-corrected chi connectivity index (χ1v) is 4.36. The quantitative estimate of drug-likeness (QED) is 0.397. The third-order valence-corrected chi connectivity index (χ3v) is 1.99. The molecule has 1 aromatic rings. The van der Waals surface area contributed by atoms with Crippen molar-refractivity contribution in [1.29, 1.82) is 0 Å². The van der Waals surface area contributed by atoms with E-state index in [2.05, 4.69) is 29.7 Å². The number of nitrogens with zero attached hydrogens (tertiary/aromatic N) is 1. The van der Waals surface area contributed by atoms with E-state index in [-0.39, 0.29) is 24.0 Å². The van der Waals surface area contributed by atoms with Crippen LogP contribution in [0, 0.1) is 0 Å². The second-order valence-electron chi connectivity index (χ2n) is 2.97. The maximum atomic E-state index is 3.23. The minimum atomic E-state index is 0. The highest BCUT2D eigenvalue weighted by atomic mass is 127. The minimum absolute atomic E-state index is 0. The van der Waals surface area contributed by atoms with E-state index in [0.717, 1.165) is 0 Å². The summed E-state index contributed by atoms with van der Waals surface area (Å²) in [6.07, 6.45) is 9.15. The Kier molecular flexibility index (Phi) is 6.42. The standard InChI is InChI=1S/C9H16N2.HI/c1-3-4-5-6-9-10-7-8-11(9)2;/h7-8H,3-6H2,1-2H3;1H. The summed E-state index contributed by atoms with van der Waals surface area (Å²) >= 11 is 0. The maximum absolute atomic E-state index is 3.23. The highest BCUT2D eigenvalue weighted by Crippen LogP contribution is 1.99. The van der Waals surface area contributed by atoms with Crippen molar-refractivity contribution in [2.45, 2.75) is 32.6 Å². The lowest BCUT2D eigenvalue weighted by molar-refractivity contribution is -0.677. The first kappa shape index (κ1) is 11.9. The predicted octanol–water partition coefficient (Wildman–Crippen LogP) is -1.42. The van der Waals surface area contributed by atoms with Gasteiger partial charge in [-0.05, 0) is 6.42 Å². The number of aromatic amines is 1. The Morgan fingerprint density at radius 1 is 1.42 bits per heavy atom. The number of H-pyrrole nitrogens is 1. The molecule has 0 spiro atoms. The van der Waals surface area contributed by atoms with E-state index in [1.54, 1.807) is 0 Å². The van der Waals surface area contributed by atoms with Crippen molar-refractivity contribution in [2.24, 2.45) is 7.05 Å². The fourth-order valence-corrected chi connectivity index (χ4v) is 1.23. The van der Waals surface area contributed by atoms with Gasteiger partial charge in [0.25, 0.3) is 5.82 Å². The zero-order chi connectivity index (χ0) is 8.10. The number of unbranched alkanes of at least 4 members (excludes halogenated alkanes) is 2. The Morgan fingerprint density at radius 3 is 2.67 bits per heavy atom. The molecule has 0 aliphatic rings. The summed E-state index contributed by atoms with van der Waals surface area (Å²) in [6, 6.07) is 0. The molecule has 0 saturated heterocycles. The molecule has 0 atom stereocenters. The molecule has 0 aromatic carbocycles. The van der Waals surface area contributed by atoms with Crippen LogP contribution in [0.2, 0.25) is 0 Å². The van der Waals surface area contributed by atoms with Crippen LogP contribution in [-0.4, -0.2) is 4.98 Å². The predicted molar refractivity (Wildman–Crippen MR) is 45.2 cm³/mol. The van der Waals surface area contributed by atoms with Crippen LogP contribution in [-0.2, 0) is 13.5 Å². The molecule has 1 rings (SSSR count). The molecule has 1 heterocycles. The SMILES string of the molecule is CCCCCc1[nH]cc[n+]1C.[I-]. The van der Waals surface area contributed by atoms with Gasteiger partial charge in [-0.25, -0.2) is 9.55 Å². The van der Waals surface area contributed by atoms with Gasteiger partial charge >= 0.3 is 0 Å². The van der Waals surface area contributed by atoms with Crippen molar-refractivity contribution < 1.29 is 28.5 Å². The number of hydrogen-bond acceptors (Lipinski definition) is 0. The highest BCUT2D eigenvalue weighted by molar-refractivity contribution is 4.76. The van der Waals surface area contributed by atoms with Crippen LogP contribution in [0.25, 0.3) is 0 Å². The van der Waals surface area contributed by atoms with Crippen molar-refractivity contribution >= 4 is 0 Å². The number of hydrogen-bond donors (Lipinski definition) is 1. The third kappa shape index (κ3) is 3.56. The molecule has 0 bridgehead atoms. The van der Waals surface area contributed by atoms with E-state index < -0.39 is 0 Å². The van der Waals surface area contributed by atoms with Crippen molar-refractivity contribution in [3.63, 3.8) is 0 Å². The molecule has 0 radical (unpaired) electrons. The molecule has 0 aliphatic heterocycles. The highest BCUT2D eigenvalue weighted by Gasteiger charge is 2.03. The molecule has 70 valence electrons. The first-order valence-electron chi connectivity index (χ1n) is 4.36. The van der Waals surface area contributed by atoms with Gasteiger partial charge in [-0.15, -0.1) is 0 Å². The fraction of sp³-hybridized carbons (Fsp3) is 0.667. The third-order valence-electron chi connectivity index (χ3n) is 1.99. The van der Waals surface area contributed by atoms with Gasteiger partial charge in [-0.2, -0.15) is 0 Å². The van der Waals surface area contributed by atoms with Crippen LogP contribution in [0.4, 0.5) is 0 Å². The smallest absolute Gasteiger partial charge is 0.253 e. The second kappa shape index (κ2) is 6.46. The summed E-state index contributed by atoms with van der Waals surface area (Å²) in [7, 11) is 2.08. The Hall–Kier alpha value is -0.0600. The lowest BCUT2D eigenvalue weighted by Crippen LogP contribution is -3.00.